The quantitative estimate of drug-likeness (QED) is 0.454. The van der Waals surface area contributed by atoms with E-state index in [1.165, 1.54) is 0 Å². The first-order valence-corrected chi connectivity index (χ1v) is 16.1. The van der Waals surface area contributed by atoms with Gasteiger partial charge in [0, 0.05) is 38.7 Å². The van der Waals surface area contributed by atoms with Crippen LogP contribution in [-0.2, 0) is 15.7 Å². The average Bonchev–Trinajstić information content (AvgIpc) is 3.52. The van der Waals surface area contributed by atoms with Crippen molar-refractivity contribution in [1.29, 1.82) is 0 Å². The van der Waals surface area contributed by atoms with Gasteiger partial charge in [0.15, 0.2) is 16.8 Å². The second-order valence-corrected chi connectivity index (χ2v) is 13.8. The van der Waals surface area contributed by atoms with Crippen molar-refractivity contribution < 1.29 is 23.2 Å². The predicted molar refractivity (Wildman–Crippen MR) is 162 cm³/mol. The molecular weight excluding hydrogens is 571 g/mol. The van der Waals surface area contributed by atoms with Crippen molar-refractivity contribution in [3.05, 3.63) is 47.7 Å². The lowest BCUT2D eigenvalue weighted by Gasteiger charge is -2.47. The first-order chi connectivity index (χ1) is 20.9. The van der Waals surface area contributed by atoms with Crippen LogP contribution in [0, 0.1) is 0 Å². The van der Waals surface area contributed by atoms with Crippen molar-refractivity contribution in [2.24, 2.45) is 0 Å². The van der Waals surface area contributed by atoms with Gasteiger partial charge in [0.25, 0.3) is 0 Å². The van der Waals surface area contributed by atoms with Gasteiger partial charge in [0.05, 0.1) is 42.2 Å². The van der Waals surface area contributed by atoms with E-state index in [0.29, 0.717) is 54.9 Å². The summed E-state index contributed by atoms with van der Waals surface area (Å²) in [4.78, 5) is 14.8. The molecule has 5 aliphatic rings. The third-order valence-electron chi connectivity index (χ3n) is 9.65. The summed E-state index contributed by atoms with van der Waals surface area (Å²) < 4.78 is 42.8. The molecule has 43 heavy (non-hydrogen) atoms. The topological polar surface area (TPSA) is 103 Å². The Morgan fingerprint density at radius 2 is 2.02 bits per heavy atom. The molecule has 12 heteroatoms. The third kappa shape index (κ3) is 4.49. The molecule has 226 valence electrons. The highest BCUT2D eigenvalue weighted by Crippen LogP contribution is 2.43. The van der Waals surface area contributed by atoms with E-state index in [1.54, 1.807) is 23.5 Å². The Labute approximate surface area is 252 Å². The first-order valence-electron chi connectivity index (χ1n) is 15.0. The fourth-order valence-corrected chi connectivity index (χ4v) is 8.86. The number of aromatic hydroxyl groups is 1. The lowest BCUT2D eigenvalue weighted by Crippen LogP contribution is -2.64. The van der Waals surface area contributed by atoms with Crippen LogP contribution < -0.4 is 15.0 Å². The molecule has 1 aromatic heterocycles. The van der Waals surface area contributed by atoms with Gasteiger partial charge < -0.3 is 24.8 Å². The summed E-state index contributed by atoms with van der Waals surface area (Å²) in [6.45, 7) is 4.14. The van der Waals surface area contributed by atoms with Crippen molar-refractivity contribution >= 4 is 39.3 Å². The minimum atomic E-state index is -1.64. The number of aromatic nitrogens is 2. The van der Waals surface area contributed by atoms with Crippen LogP contribution in [-0.4, -0.2) is 105 Å². The number of fused-ring (bicyclic) bond motifs is 5. The smallest absolute Gasteiger partial charge is 0.319 e. The first kappa shape index (κ1) is 27.2. The van der Waals surface area contributed by atoms with E-state index in [-0.39, 0.29) is 29.4 Å². The van der Waals surface area contributed by atoms with Crippen LogP contribution in [0.15, 0.2) is 41.3 Å². The lowest BCUT2D eigenvalue weighted by atomic mass is 9.95. The second-order valence-electron chi connectivity index (χ2n) is 12.3. The molecule has 6 heterocycles. The molecule has 4 saturated heterocycles. The highest BCUT2D eigenvalue weighted by Gasteiger charge is 2.49. The second kappa shape index (κ2) is 10.4. The highest BCUT2D eigenvalue weighted by molar-refractivity contribution is 7.83. The molecule has 10 nitrogen and oxygen atoms in total. The van der Waals surface area contributed by atoms with Gasteiger partial charge in [0.1, 0.15) is 23.4 Å². The Kier molecular flexibility index (Phi) is 6.59. The molecule has 2 bridgehead atoms. The van der Waals surface area contributed by atoms with Gasteiger partial charge in [-0.3, -0.25) is 9.21 Å². The Morgan fingerprint density at radius 1 is 1.21 bits per heavy atom. The summed E-state index contributed by atoms with van der Waals surface area (Å²) in [6.07, 6.45) is 3.41. The van der Waals surface area contributed by atoms with Gasteiger partial charge in [-0.2, -0.15) is 9.97 Å². The van der Waals surface area contributed by atoms with E-state index in [9.17, 15) is 13.7 Å². The van der Waals surface area contributed by atoms with Gasteiger partial charge in [-0.05, 0) is 48.4 Å². The molecular formula is C31H35FN6O4S. The zero-order valence-electron chi connectivity index (χ0n) is 24.0. The fraction of sp³-hybridized carbons (Fsp3) is 0.484. The van der Waals surface area contributed by atoms with Gasteiger partial charge in [0.2, 0.25) is 0 Å². The number of rotatable bonds is 5. The lowest BCUT2D eigenvalue weighted by molar-refractivity contribution is 0.0516. The zero-order valence-corrected chi connectivity index (χ0v) is 24.9. The van der Waals surface area contributed by atoms with E-state index in [1.807, 2.05) is 30.3 Å². The molecule has 3 aromatic rings. The van der Waals surface area contributed by atoms with Crippen LogP contribution in [0.1, 0.15) is 30.5 Å². The molecule has 0 radical (unpaired) electrons. The average molecular weight is 607 g/mol. The monoisotopic (exact) mass is 606 g/mol. The van der Waals surface area contributed by atoms with E-state index < -0.39 is 17.2 Å². The maximum atomic E-state index is 14.5. The standard InChI is InChI=1S/C31H35FN6O4S/c1-36-27(25-10-23(39)9-19-5-2-3-6-24(19)25)11-26-28(43(36)40)29(38-21-13-33-14-22(38)17-41-16-21)35-30(34-26)42-18-31-7-4-8-37(31)15-20(32)12-31/h2-3,5-6,9-11,20-22,33,39H,4,7-8,12-18H2,1H3/t20-,21?,22?,31+,43?/m1/s1. The summed E-state index contributed by atoms with van der Waals surface area (Å²) in [5.74, 6) is 0.723. The number of alkyl halides is 1. The summed E-state index contributed by atoms with van der Waals surface area (Å²) in [5.41, 5.74) is 1.61. The van der Waals surface area contributed by atoms with Crippen LogP contribution in [0.25, 0.3) is 22.5 Å². The molecule has 4 fully saturated rings. The largest absolute Gasteiger partial charge is 0.508 e. The number of hydrogen-bond donors (Lipinski definition) is 2. The molecule has 2 aromatic carbocycles. The Hall–Kier alpha value is -3.32. The predicted octanol–water partition coefficient (Wildman–Crippen LogP) is 2.93. The Morgan fingerprint density at radius 3 is 2.86 bits per heavy atom. The van der Waals surface area contributed by atoms with Crippen LogP contribution in [0.4, 0.5) is 10.2 Å². The number of phenols is 1. The Balaban J connectivity index is 1.26. The molecule has 3 unspecified atom stereocenters. The summed E-state index contributed by atoms with van der Waals surface area (Å²) >= 11 is 0. The summed E-state index contributed by atoms with van der Waals surface area (Å²) in [7, 11) is 0.149. The number of phenolic OH excluding ortho intramolecular Hbond substituents is 1. The van der Waals surface area contributed by atoms with Crippen LogP contribution in [0.5, 0.6) is 11.8 Å². The van der Waals surface area contributed by atoms with E-state index >= 15 is 0 Å². The molecule has 0 aliphatic carbocycles. The van der Waals surface area contributed by atoms with Crippen molar-refractivity contribution in [1.82, 2.24) is 24.5 Å². The van der Waals surface area contributed by atoms with E-state index in [0.717, 1.165) is 48.8 Å². The number of ether oxygens (including phenoxy) is 2. The number of piperazine rings is 1. The Bertz CT molecular complexity index is 1630. The van der Waals surface area contributed by atoms with Gasteiger partial charge >= 0.3 is 6.01 Å². The van der Waals surface area contributed by atoms with Crippen LogP contribution in [0.3, 0.4) is 0 Å². The number of nitrogens with one attached hydrogen (secondary N) is 1. The maximum Gasteiger partial charge on any atom is 0.319 e. The van der Waals surface area contributed by atoms with Crippen molar-refractivity contribution in [3.8, 4) is 11.8 Å². The minimum Gasteiger partial charge on any atom is -0.508 e. The van der Waals surface area contributed by atoms with Crippen LogP contribution >= 0.6 is 0 Å². The third-order valence-corrected chi connectivity index (χ3v) is 11.1. The number of nitrogens with zero attached hydrogens (tertiary/aromatic N) is 5. The van der Waals surface area contributed by atoms with Crippen molar-refractivity contribution in [3.63, 3.8) is 0 Å². The number of anilines is 1. The van der Waals surface area contributed by atoms with Crippen molar-refractivity contribution in [2.75, 3.05) is 57.9 Å². The molecule has 0 spiro atoms. The maximum absolute atomic E-state index is 14.5. The number of benzene rings is 2. The van der Waals surface area contributed by atoms with Gasteiger partial charge in [-0.15, -0.1) is 0 Å². The van der Waals surface area contributed by atoms with E-state index in [2.05, 4.69) is 15.1 Å². The van der Waals surface area contributed by atoms with Crippen LogP contribution in [0.2, 0.25) is 0 Å². The molecule has 5 atom stereocenters. The SMILES string of the molecule is CN1C(c2cc(O)cc3ccccc23)=Cc2nc(OC[C@@]34CCCN3C[C@H](F)C4)nc(N3C4CNCC3COC4)c2S1=O. The van der Waals surface area contributed by atoms with Gasteiger partial charge in [-0.25, -0.2) is 8.60 Å². The van der Waals surface area contributed by atoms with Gasteiger partial charge in [-0.1, -0.05) is 24.3 Å². The number of morpholine rings is 1. The molecule has 0 amide bonds. The zero-order chi connectivity index (χ0) is 29.3. The molecule has 8 rings (SSSR count). The number of halogens is 1. The number of hydrogen-bond acceptors (Lipinski definition) is 9. The molecule has 5 aliphatic heterocycles. The normalized spacial score (nSPS) is 30.3. The highest BCUT2D eigenvalue weighted by atomic mass is 32.2. The molecule has 2 N–H and O–H groups in total. The summed E-state index contributed by atoms with van der Waals surface area (Å²) in [6, 6.07) is 11.5. The van der Waals surface area contributed by atoms with Crippen molar-refractivity contribution in [2.45, 2.75) is 48.0 Å². The van der Waals surface area contributed by atoms with E-state index in [4.69, 9.17) is 19.4 Å². The summed E-state index contributed by atoms with van der Waals surface area (Å²) in [5, 5.41) is 15.9. The minimum absolute atomic E-state index is 0.0214. The fourth-order valence-electron chi connectivity index (χ4n) is 7.66. The molecule has 0 saturated carbocycles.